The van der Waals surface area contributed by atoms with Crippen molar-refractivity contribution in [2.45, 2.75) is 19.4 Å². The number of hydrogen-bond acceptors (Lipinski definition) is 5. The lowest BCUT2D eigenvalue weighted by Gasteiger charge is -2.28. The van der Waals surface area contributed by atoms with E-state index in [2.05, 4.69) is 26.2 Å². The number of halogens is 1. The van der Waals surface area contributed by atoms with Gasteiger partial charge in [-0.3, -0.25) is 4.79 Å². The zero-order valence-corrected chi connectivity index (χ0v) is 13.8. The molecule has 23 heavy (non-hydrogen) atoms. The van der Waals surface area contributed by atoms with Crippen LogP contribution >= 0.6 is 12.4 Å². The molecule has 1 saturated heterocycles. The average Bonchev–Trinajstić information content (AvgIpc) is 2.90. The van der Waals surface area contributed by atoms with E-state index < -0.39 is 6.04 Å². The third-order valence-electron chi connectivity index (χ3n) is 3.96. The summed E-state index contributed by atoms with van der Waals surface area (Å²) >= 11 is 0. The van der Waals surface area contributed by atoms with Gasteiger partial charge in [0.05, 0.1) is 0 Å². The van der Waals surface area contributed by atoms with E-state index in [1.165, 1.54) is 0 Å². The van der Waals surface area contributed by atoms with Gasteiger partial charge in [0.1, 0.15) is 11.9 Å². The van der Waals surface area contributed by atoms with Crippen molar-refractivity contribution in [3.05, 3.63) is 41.7 Å². The number of amides is 1. The summed E-state index contributed by atoms with van der Waals surface area (Å²) in [4.78, 5) is 12.6. The Hall–Kier alpha value is -1.99. The molecule has 1 amide bonds. The van der Waals surface area contributed by atoms with Crippen molar-refractivity contribution < 1.29 is 4.79 Å². The van der Waals surface area contributed by atoms with E-state index in [4.69, 9.17) is 0 Å². The topological polar surface area (TPSA) is 84.7 Å². The number of aryl methyl sites for hydroxylation is 1. The molecule has 1 atom stereocenters. The van der Waals surface area contributed by atoms with Crippen LogP contribution in [0.4, 0.5) is 0 Å². The molecule has 7 nitrogen and oxygen atoms in total. The fourth-order valence-corrected chi connectivity index (χ4v) is 2.51. The standard InChI is InChI=1S/C15H20N6O.ClH/c1-11-18-19-20-21(11)14(7-12-5-3-2-4-6-12)15(22)17-10-13-8-16-9-13;/h2-6,13-14,16H,7-10H2,1H3,(H,17,22);1H. The molecule has 2 N–H and O–H groups in total. The molecule has 1 aliphatic heterocycles. The van der Waals surface area contributed by atoms with Gasteiger partial charge in [0.25, 0.3) is 0 Å². The summed E-state index contributed by atoms with van der Waals surface area (Å²) < 4.78 is 1.60. The van der Waals surface area contributed by atoms with Gasteiger partial charge >= 0.3 is 0 Å². The second-order valence-electron chi connectivity index (χ2n) is 5.65. The summed E-state index contributed by atoms with van der Waals surface area (Å²) in [7, 11) is 0. The number of carbonyl (C=O) groups excluding carboxylic acids is 1. The number of carbonyl (C=O) groups is 1. The first kappa shape index (κ1) is 17.4. The lowest BCUT2D eigenvalue weighted by Crippen LogP contribution is -2.49. The highest BCUT2D eigenvalue weighted by Crippen LogP contribution is 2.15. The van der Waals surface area contributed by atoms with Crippen LogP contribution in [0.15, 0.2) is 30.3 Å². The summed E-state index contributed by atoms with van der Waals surface area (Å²) in [5, 5.41) is 17.8. The summed E-state index contributed by atoms with van der Waals surface area (Å²) in [6.45, 7) is 4.43. The Morgan fingerprint density at radius 1 is 1.39 bits per heavy atom. The third-order valence-corrected chi connectivity index (χ3v) is 3.96. The van der Waals surface area contributed by atoms with Gasteiger partial charge in [-0.2, -0.15) is 0 Å². The molecule has 1 aliphatic rings. The first-order valence-electron chi connectivity index (χ1n) is 7.51. The Morgan fingerprint density at radius 2 is 2.13 bits per heavy atom. The van der Waals surface area contributed by atoms with Gasteiger partial charge in [-0.05, 0) is 22.9 Å². The Kier molecular flexibility index (Phi) is 6.06. The van der Waals surface area contributed by atoms with E-state index in [1.54, 1.807) is 11.6 Å². The molecule has 2 aromatic rings. The molecular formula is C15H21ClN6O. The molecule has 0 radical (unpaired) electrons. The van der Waals surface area contributed by atoms with Crippen molar-refractivity contribution in [1.29, 1.82) is 0 Å². The van der Waals surface area contributed by atoms with E-state index >= 15 is 0 Å². The minimum atomic E-state index is -0.426. The van der Waals surface area contributed by atoms with Crippen molar-refractivity contribution >= 4 is 18.3 Å². The maximum atomic E-state index is 12.6. The molecule has 1 fully saturated rings. The maximum Gasteiger partial charge on any atom is 0.245 e. The van der Waals surface area contributed by atoms with Crippen LogP contribution in [0.5, 0.6) is 0 Å². The van der Waals surface area contributed by atoms with E-state index in [-0.39, 0.29) is 18.3 Å². The van der Waals surface area contributed by atoms with Crippen LogP contribution in [-0.2, 0) is 11.2 Å². The minimum Gasteiger partial charge on any atom is -0.354 e. The van der Waals surface area contributed by atoms with E-state index in [1.807, 2.05) is 30.3 Å². The molecule has 0 aliphatic carbocycles. The largest absolute Gasteiger partial charge is 0.354 e. The van der Waals surface area contributed by atoms with Gasteiger partial charge in [-0.25, -0.2) is 4.68 Å². The summed E-state index contributed by atoms with van der Waals surface area (Å²) in [5.74, 6) is 1.13. The predicted molar refractivity (Wildman–Crippen MR) is 88.4 cm³/mol. The van der Waals surface area contributed by atoms with E-state index in [0.29, 0.717) is 24.7 Å². The van der Waals surface area contributed by atoms with Crippen LogP contribution in [0.3, 0.4) is 0 Å². The fourth-order valence-electron chi connectivity index (χ4n) is 2.51. The highest BCUT2D eigenvalue weighted by atomic mass is 35.5. The molecule has 1 aromatic heterocycles. The SMILES string of the molecule is Cc1nnnn1C(Cc1ccccc1)C(=O)NCC1CNC1.Cl. The van der Waals surface area contributed by atoms with E-state index in [0.717, 1.165) is 18.7 Å². The van der Waals surface area contributed by atoms with Crippen LogP contribution in [0.1, 0.15) is 17.4 Å². The lowest BCUT2D eigenvalue weighted by molar-refractivity contribution is -0.125. The van der Waals surface area contributed by atoms with Gasteiger partial charge in [0, 0.05) is 32.0 Å². The number of nitrogens with one attached hydrogen (secondary N) is 2. The second kappa shape index (κ2) is 8.03. The Morgan fingerprint density at radius 3 is 2.70 bits per heavy atom. The molecule has 1 unspecified atom stereocenters. The van der Waals surface area contributed by atoms with Crippen molar-refractivity contribution in [3.8, 4) is 0 Å². The summed E-state index contributed by atoms with van der Waals surface area (Å²) in [6, 6.07) is 9.49. The number of rotatable bonds is 6. The van der Waals surface area contributed by atoms with Gasteiger partial charge in [-0.1, -0.05) is 30.3 Å². The molecule has 8 heteroatoms. The molecule has 1 aromatic carbocycles. The van der Waals surface area contributed by atoms with Gasteiger partial charge in [-0.15, -0.1) is 17.5 Å². The number of tetrazole rings is 1. The molecule has 0 spiro atoms. The first-order valence-corrected chi connectivity index (χ1v) is 7.51. The second-order valence-corrected chi connectivity index (χ2v) is 5.65. The molecule has 0 saturated carbocycles. The maximum absolute atomic E-state index is 12.6. The fraction of sp³-hybridized carbons (Fsp3) is 0.467. The summed E-state index contributed by atoms with van der Waals surface area (Å²) in [6.07, 6.45) is 0.571. The average molecular weight is 337 g/mol. The van der Waals surface area contributed by atoms with Gasteiger partial charge in [0.2, 0.25) is 5.91 Å². The predicted octanol–water partition coefficient (Wildman–Crippen LogP) is 0.523. The van der Waals surface area contributed by atoms with Crippen molar-refractivity contribution in [2.75, 3.05) is 19.6 Å². The highest BCUT2D eigenvalue weighted by Gasteiger charge is 2.25. The molecular weight excluding hydrogens is 316 g/mol. The third kappa shape index (κ3) is 4.27. The first-order chi connectivity index (χ1) is 10.7. The Labute approximate surface area is 141 Å². The Bertz CT molecular complexity index is 628. The zero-order valence-electron chi connectivity index (χ0n) is 13.0. The number of nitrogens with zero attached hydrogens (tertiary/aromatic N) is 4. The smallest absolute Gasteiger partial charge is 0.245 e. The molecule has 2 heterocycles. The zero-order chi connectivity index (χ0) is 15.4. The van der Waals surface area contributed by atoms with Gasteiger partial charge < -0.3 is 10.6 Å². The number of hydrogen-bond donors (Lipinski definition) is 2. The quantitative estimate of drug-likeness (QED) is 0.803. The summed E-state index contributed by atoms with van der Waals surface area (Å²) in [5.41, 5.74) is 1.09. The minimum absolute atomic E-state index is 0. The van der Waals surface area contributed by atoms with Crippen LogP contribution in [-0.4, -0.2) is 45.7 Å². The molecule has 3 rings (SSSR count). The normalized spacial score (nSPS) is 15.3. The van der Waals surface area contributed by atoms with E-state index in [9.17, 15) is 4.79 Å². The van der Waals surface area contributed by atoms with Gasteiger partial charge in [0.15, 0.2) is 0 Å². The number of benzene rings is 1. The Balaban J connectivity index is 0.00000192. The van der Waals surface area contributed by atoms with Crippen molar-refractivity contribution in [2.24, 2.45) is 5.92 Å². The molecule has 0 bridgehead atoms. The van der Waals surface area contributed by atoms with Crippen LogP contribution in [0.25, 0.3) is 0 Å². The number of aromatic nitrogens is 4. The van der Waals surface area contributed by atoms with Crippen LogP contribution in [0.2, 0.25) is 0 Å². The highest BCUT2D eigenvalue weighted by molar-refractivity contribution is 5.85. The molecule has 124 valence electrons. The lowest BCUT2D eigenvalue weighted by atomic mass is 10.0. The monoisotopic (exact) mass is 336 g/mol. The van der Waals surface area contributed by atoms with Crippen LogP contribution in [0, 0.1) is 12.8 Å². The van der Waals surface area contributed by atoms with Crippen molar-refractivity contribution in [3.63, 3.8) is 0 Å². The van der Waals surface area contributed by atoms with Crippen molar-refractivity contribution in [1.82, 2.24) is 30.8 Å². The van der Waals surface area contributed by atoms with Crippen LogP contribution < -0.4 is 10.6 Å².